The Morgan fingerprint density at radius 3 is 2.26 bits per heavy atom. The van der Waals surface area contributed by atoms with Gasteiger partial charge >= 0.3 is 11.9 Å². The monoisotopic (exact) mass is 314 g/mol. The van der Waals surface area contributed by atoms with Crippen molar-refractivity contribution in [3.63, 3.8) is 0 Å². The van der Waals surface area contributed by atoms with Gasteiger partial charge in [0.25, 0.3) is 0 Å². The van der Waals surface area contributed by atoms with Crippen LogP contribution in [0.25, 0.3) is 6.08 Å². The summed E-state index contributed by atoms with van der Waals surface area (Å²) in [5.74, 6) is -0.725. The van der Waals surface area contributed by atoms with Gasteiger partial charge in [-0.1, -0.05) is 12.1 Å². The maximum atomic E-state index is 11.9. The molecule has 0 saturated carbocycles. The molecule has 23 heavy (non-hydrogen) atoms. The molecule has 6 heteroatoms. The molecule has 0 atom stereocenters. The van der Waals surface area contributed by atoms with Gasteiger partial charge in [0.05, 0.1) is 12.7 Å². The highest BCUT2D eigenvalue weighted by atomic mass is 17.2. The molecule has 2 aromatic rings. The van der Waals surface area contributed by atoms with Crippen molar-refractivity contribution in [1.82, 2.24) is 0 Å². The zero-order valence-corrected chi connectivity index (χ0v) is 12.3. The Hall–Kier alpha value is -3.12. The number of rotatable bonds is 5. The molecular weight excluding hydrogens is 300 g/mol. The predicted octanol–water partition coefficient (Wildman–Crippen LogP) is 2.73. The number of hydrogen-bond acceptors (Lipinski definition) is 6. The van der Waals surface area contributed by atoms with Gasteiger partial charge in [-0.3, -0.25) is 4.89 Å². The van der Waals surface area contributed by atoms with Gasteiger partial charge in [0.2, 0.25) is 0 Å². The Labute approximate surface area is 132 Å². The van der Waals surface area contributed by atoms with E-state index in [1.807, 2.05) is 0 Å². The van der Waals surface area contributed by atoms with Crippen molar-refractivity contribution in [2.45, 2.75) is 0 Å². The first kappa shape index (κ1) is 16.3. The van der Waals surface area contributed by atoms with Crippen LogP contribution in [0.4, 0.5) is 0 Å². The Morgan fingerprint density at radius 1 is 1.00 bits per heavy atom. The zero-order valence-electron chi connectivity index (χ0n) is 12.3. The largest absolute Gasteiger partial charge is 0.508 e. The minimum atomic E-state index is -0.629. The second-order valence-electron chi connectivity index (χ2n) is 4.41. The number of carbonyl (C=O) groups is 2. The van der Waals surface area contributed by atoms with Crippen LogP contribution in [0.15, 0.2) is 54.6 Å². The number of carbonyl (C=O) groups excluding carboxylic acids is 2. The molecule has 0 fully saturated rings. The van der Waals surface area contributed by atoms with Crippen molar-refractivity contribution in [1.29, 1.82) is 0 Å². The molecule has 0 saturated heterocycles. The van der Waals surface area contributed by atoms with E-state index < -0.39 is 11.9 Å². The summed E-state index contributed by atoms with van der Waals surface area (Å²) in [6.07, 6.45) is 2.74. The van der Waals surface area contributed by atoms with Gasteiger partial charge in [-0.15, -0.1) is 0 Å². The Kier molecular flexibility index (Phi) is 5.49. The lowest BCUT2D eigenvalue weighted by Crippen LogP contribution is -2.07. The fourth-order valence-corrected chi connectivity index (χ4v) is 1.68. The minimum Gasteiger partial charge on any atom is -0.508 e. The summed E-state index contributed by atoms with van der Waals surface area (Å²) in [7, 11) is 1.24. The topological polar surface area (TPSA) is 82.1 Å². The summed E-state index contributed by atoms with van der Waals surface area (Å²) in [5, 5.41) is 9.18. The van der Waals surface area contributed by atoms with E-state index in [-0.39, 0.29) is 5.75 Å². The molecule has 0 aliphatic rings. The van der Waals surface area contributed by atoms with Crippen LogP contribution in [0.5, 0.6) is 11.5 Å². The lowest BCUT2D eigenvalue weighted by molar-refractivity contribution is -0.249. The van der Waals surface area contributed by atoms with Crippen LogP contribution in [-0.4, -0.2) is 24.2 Å². The van der Waals surface area contributed by atoms with Crippen LogP contribution in [0.1, 0.15) is 15.9 Å². The highest BCUT2D eigenvalue weighted by molar-refractivity contribution is 5.91. The first-order valence-electron chi connectivity index (χ1n) is 6.62. The van der Waals surface area contributed by atoms with Crippen LogP contribution in [-0.2, 0) is 14.6 Å². The van der Waals surface area contributed by atoms with Crippen molar-refractivity contribution in [2.24, 2.45) is 0 Å². The molecule has 0 bridgehead atoms. The Bertz CT molecular complexity index is 701. The lowest BCUT2D eigenvalue weighted by atomic mass is 10.2. The third-order valence-electron chi connectivity index (χ3n) is 2.77. The van der Waals surface area contributed by atoms with E-state index in [1.165, 1.54) is 43.5 Å². The second kappa shape index (κ2) is 7.77. The summed E-state index contributed by atoms with van der Waals surface area (Å²) in [6, 6.07) is 12.3. The van der Waals surface area contributed by atoms with Crippen molar-refractivity contribution >= 4 is 18.0 Å². The lowest BCUT2D eigenvalue weighted by Gasteiger charge is -2.04. The standard InChI is InChI=1S/C17H14O6/c1-21-23-16(19)11-4-12-2-9-15(10-3-12)22-17(20)13-5-7-14(18)8-6-13/h2-11,18H,1H3. The Balaban J connectivity index is 1.98. The van der Waals surface area contributed by atoms with Crippen LogP contribution >= 0.6 is 0 Å². The van der Waals surface area contributed by atoms with Gasteiger partial charge in [0.15, 0.2) is 0 Å². The fourth-order valence-electron chi connectivity index (χ4n) is 1.68. The number of phenols is 1. The first-order valence-corrected chi connectivity index (χ1v) is 6.62. The molecule has 0 aliphatic carbocycles. The maximum absolute atomic E-state index is 11.9. The van der Waals surface area contributed by atoms with Gasteiger partial charge in [-0.05, 0) is 48.0 Å². The summed E-state index contributed by atoms with van der Waals surface area (Å²) in [5.41, 5.74) is 1.05. The van der Waals surface area contributed by atoms with Gasteiger partial charge in [0.1, 0.15) is 11.5 Å². The first-order chi connectivity index (χ1) is 11.1. The number of esters is 1. The van der Waals surface area contributed by atoms with E-state index in [4.69, 9.17) is 4.74 Å². The number of benzene rings is 2. The normalized spacial score (nSPS) is 10.5. The van der Waals surface area contributed by atoms with E-state index in [1.54, 1.807) is 24.3 Å². The minimum absolute atomic E-state index is 0.0738. The molecule has 1 N–H and O–H groups in total. The van der Waals surface area contributed by atoms with E-state index >= 15 is 0 Å². The Morgan fingerprint density at radius 2 is 1.65 bits per heavy atom. The van der Waals surface area contributed by atoms with Crippen molar-refractivity contribution < 1.29 is 29.2 Å². The van der Waals surface area contributed by atoms with Gasteiger partial charge < -0.3 is 9.84 Å². The number of phenolic OH excluding ortho intramolecular Hbond substituents is 1. The summed E-state index contributed by atoms with van der Waals surface area (Å²) >= 11 is 0. The highest BCUT2D eigenvalue weighted by Crippen LogP contribution is 2.16. The summed E-state index contributed by atoms with van der Waals surface area (Å²) in [6.45, 7) is 0. The molecule has 0 amide bonds. The third-order valence-corrected chi connectivity index (χ3v) is 2.77. The highest BCUT2D eigenvalue weighted by Gasteiger charge is 2.08. The molecule has 2 rings (SSSR count). The average molecular weight is 314 g/mol. The van der Waals surface area contributed by atoms with E-state index in [0.717, 1.165) is 5.56 Å². The molecular formula is C17H14O6. The van der Waals surface area contributed by atoms with Crippen molar-refractivity contribution in [3.05, 3.63) is 65.7 Å². The fraction of sp³-hybridized carbons (Fsp3) is 0.0588. The molecule has 0 aromatic heterocycles. The average Bonchev–Trinajstić information content (AvgIpc) is 2.55. The quantitative estimate of drug-likeness (QED) is 0.300. The van der Waals surface area contributed by atoms with Gasteiger partial charge in [0, 0.05) is 6.08 Å². The molecule has 2 aromatic carbocycles. The molecule has 118 valence electrons. The van der Waals surface area contributed by atoms with E-state index in [2.05, 4.69) is 9.78 Å². The maximum Gasteiger partial charge on any atom is 0.365 e. The van der Waals surface area contributed by atoms with Crippen LogP contribution < -0.4 is 4.74 Å². The molecule has 0 unspecified atom stereocenters. The molecule has 0 spiro atoms. The number of ether oxygens (including phenoxy) is 1. The van der Waals surface area contributed by atoms with E-state index in [0.29, 0.717) is 11.3 Å². The van der Waals surface area contributed by atoms with E-state index in [9.17, 15) is 14.7 Å². The summed E-state index contributed by atoms with van der Waals surface area (Å²) < 4.78 is 5.20. The summed E-state index contributed by atoms with van der Waals surface area (Å²) in [4.78, 5) is 31.5. The molecule has 0 aliphatic heterocycles. The van der Waals surface area contributed by atoms with Gasteiger partial charge in [-0.2, -0.15) is 4.89 Å². The van der Waals surface area contributed by atoms with Crippen LogP contribution in [0, 0.1) is 0 Å². The zero-order chi connectivity index (χ0) is 16.7. The smallest absolute Gasteiger partial charge is 0.365 e. The van der Waals surface area contributed by atoms with Crippen LogP contribution in [0.2, 0.25) is 0 Å². The molecule has 0 radical (unpaired) electrons. The second-order valence-corrected chi connectivity index (χ2v) is 4.41. The predicted molar refractivity (Wildman–Crippen MR) is 81.6 cm³/mol. The number of aromatic hydroxyl groups is 1. The van der Waals surface area contributed by atoms with Crippen molar-refractivity contribution in [3.8, 4) is 11.5 Å². The van der Waals surface area contributed by atoms with Crippen molar-refractivity contribution in [2.75, 3.05) is 7.11 Å². The van der Waals surface area contributed by atoms with Crippen LogP contribution in [0.3, 0.4) is 0 Å². The number of hydrogen-bond donors (Lipinski definition) is 1. The van der Waals surface area contributed by atoms with Gasteiger partial charge in [-0.25, -0.2) is 9.59 Å². The third kappa shape index (κ3) is 4.98. The molecule has 0 heterocycles. The SMILES string of the molecule is COOC(=O)C=Cc1ccc(OC(=O)c2ccc(O)cc2)cc1. The molecule has 6 nitrogen and oxygen atoms in total.